The number of aliphatic hydroxyl groups is 1. The molecule has 1 atom stereocenters. The molecule has 4 nitrogen and oxygen atoms in total. The zero-order valence-electron chi connectivity index (χ0n) is 10.3. The van der Waals surface area contributed by atoms with Crippen LogP contribution in [0.1, 0.15) is 32.4 Å². The lowest BCUT2D eigenvalue weighted by Crippen LogP contribution is -2.15. The quantitative estimate of drug-likeness (QED) is 0.798. The van der Waals surface area contributed by atoms with Crippen molar-refractivity contribution < 1.29 is 19.4 Å². The number of hydrogen-bond donors (Lipinski definition) is 1. The minimum absolute atomic E-state index is 0.0934. The van der Waals surface area contributed by atoms with Crippen molar-refractivity contribution in [1.29, 1.82) is 0 Å². The van der Waals surface area contributed by atoms with Crippen molar-refractivity contribution in [3.8, 4) is 5.75 Å². The second kappa shape index (κ2) is 6.25. The van der Waals surface area contributed by atoms with E-state index in [1.807, 2.05) is 13.8 Å². The molecule has 0 aromatic heterocycles. The lowest BCUT2D eigenvalue weighted by atomic mass is 10.1. The Morgan fingerprint density at radius 1 is 1.29 bits per heavy atom. The second-order valence-electron chi connectivity index (χ2n) is 3.89. The smallest absolute Gasteiger partial charge is 0.339 e. The highest BCUT2D eigenvalue weighted by atomic mass is 16.5. The normalized spacial score (nSPS) is 12.3. The Bertz CT molecular complexity index is 356. The number of rotatable bonds is 5. The van der Waals surface area contributed by atoms with E-state index in [-0.39, 0.29) is 12.7 Å². The Labute approximate surface area is 101 Å². The molecule has 0 aliphatic rings. The van der Waals surface area contributed by atoms with Crippen molar-refractivity contribution in [2.24, 2.45) is 0 Å². The third-order valence-corrected chi connectivity index (χ3v) is 2.08. The molecule has 0 saturated heterocycles. The first-order valence-electron chi connectivity index (χ1n) is 5.66. The molecule has 0 fully saturated rings. The molecule has 0 radical (unpaired) electrons. The standard InChI is InChI=1S/C13H18O4/c1-4-16-13(15)12(14)10-5-7-11(8-6-10)17-9(2)3/h5-9,12,14H,4H2,1-3H3. The summed E-state index contributed by atoms with van der Waals surface area (Å²) in [6.07, 6.45) is -1.14. The van der Waals surface area contributed by atoms with Crippen molar-refractivity contribution in [1.82, 2.24) is 0 Å². The highest BCUT2D eigenvalue weighted by Gasteiger charge is 2.18. The first kappa shape index (κ1) is 13.5. The fraction of sp³-hybridized carbons (Fsp3) is 0.462. The van der Waals surface area contributed by atoms with Crippen LogP contribution in [0.4, 0.5) is 0 Å². The second-order valence-corrected chi connectivity index (χ2v) is 3.89. The SMILES string of the molecule is CCOC(=O)C(O)c1ccc(OC(C)C)cc1. The zero-order chi connectivity index (χ0) is 12.8. The van der Waals surface area contributed by atoms with Gasteiger partial charge in [0.05, 0.1) is 12.7 Å². The maximum absolute atomic E-state index is 11.3. The summed E-state index contributed by atoms with van der Waals surface area (Å²) in [5, 5.41) is 9.68. The van der Waals surface area contributed by atoms with E-state index in [9.17, 15) is 9.90 Å². The lowest BCUT2D eigenvalue weighted by molar-refractivity contribution is -0.153. The molecule has 0 bridgehead atoms. The Balaban J connectivity index is 2.70. The van der Waals surface area contributed by atoms with Gasteiger partial charge in [-0.2, -0.15) is 0 Å². The van der Waals surface area contributed by atoms with Crippen LogP contribution in [0, 0.1) is 0 Å². The Morgan fingerprint density at radius 2 is 1.88 bits per heavy atom. The van der Waals surface area contributed by atoms with Gasteiger partial charge in [-0.3, -0.25) is 0 Å². The molecule has 1 aromatic carbocycles. The zero-order valence-corrected chi connectivity index (χ0v) is 10.3. The predicted molar refractivity (Wildman–Crippen MR) is 63.8 cm³/mol. The van der Waals surface area contributed by atoms with E-state index in [2.05, 4.69) is 0 Å². The molecule has 17 heavy (non-hydrogen) atoms. The van der Waals surface area contributed by atoms with Crippen LogP contribution < -0.4 is 4.74 Å². The minimum atomic E-state index is -1.23. The molecule has 0 aliphatic heterocycles. The van der Waals surface area contributed by atoms with Gasteiger partial charge in [0.25, 0.3) is 0 Å². The van der Waals surface area contributed by atoms with E-state index < -0.39 is 12.1 Å². The molecule has 0 spiro atoms. The summed E-state index contributed by atoms with van der Waals surface area (Å²) < 4.78 is 10.2. The van der Waals surface area contributed by atoms with Gasteiger partial charge >= 0.3 is 5.97 Å². The van der Waals surface area contributed by atoms with E-state index in [0.717, 1.165) is 0 Å². The van der Waals surface area contributed by atoms with Crippen molar-refractivity contribution in [2.75, 3.05) is 6.61 Å². The first-order chi connectivity index (χ1) is 8.04. The van der Waals surface area contributed by atoms with E-state index >= 15 is 0 Å². The number of carbonyl (C=O) groups excluding carboxylic acids is 1. The number of carbonyl (C=O) groups is 1. The molecular weight excluding hydrogens is 220 g/mol. The molecule has 1 N–H and O–H groups in total. The van der Waals surface area contributed by atoms with Crippen LogP contribution >= 0.6 is 0 Å². The summed E-state index contributed by atoms with van der Waals surface area (Å²) in [5.41, 5.74) is 0.500. The monoisotopic (exact) mass is 238 g/mol. The van der Waals surface area contributed by atoms with Gasteiger partial charge in [0.15, 0.2) is 6.10 Å². The maximum Gasteiger partial charge on any atom is 0.339 e. The van der Waals surface area contributed by atoms with Crippen LogP contribution in [0.3, 0.4) is 0 Å². The van der Waals surface area contributed by atoms with E-state index in [0.29, 0.717) is 11.3 Å². The third-order valence-electron chi connectivity index (χ3n) is 2.08. The van der Waals surface area contributed by atoms with Gasteiger partial charge in [-0.05, 0) is 38.5 Å². The highest BCUT2D eigenvalue weighted by Crippen LogP contribution is 2.19. The van der Waals surface area contributed by atoms with Crippen molar-refractivity contribution in [3.63, 3.8) is 0 Å². The molecule has 0 amide bonds. The molecule has 1 rings (SSSR count). The highest BCUT2D eigenvalue weighted by molar-refractivity contribution is 5.76. The molecular formula is C13H18O4. The molecule has 1 unspecified atom stereocenters. The molecule has 4 heteroatoms. The number of ether oxygens (including phenoxy) is 2. The fourth-order valence-electron chi connectivity index (χ4n) is 1.36. The maximum atomic E-state index is 11.3. The Kier molecular flexibility index (Phi) is 4.97. The summed E-state index contributed by atoms with van der Waals surface area (Å²) in [4.78, 5) is 11.3. The Hall–Kier alpha value is -1.55. The van der Waals surface area contributed by atoms with Crippen molar-refractivity contribution >= 4 is 5.97 Å². The largest absolute Gasteiger partial charge is 0.491 e. The first-order valence-corrected chi connectivity index (χ1v) is 5.66. The van der Waals surface area contributed by atoms with Crippen LogP contribution in [0.25, 0.3) is 0 Å². The van der Waals surface area contributed by atoms with Gasteiger partial charge in [-0.15, -0.1) is 0 Å². The van der Waals surface area contributed by atoms with Crippen LogP contribution in [0.15, 0.2) is 24.3 Å². The van der Waals surface area contributed by atoms with Crippen molar-refractivity contribution in [2.45, 2.75) is 33.0 Å². The number of aliphatic hydroxyl groups excluding tert-OH is 1. The van der Waals surface area contributed by atoms with Gasteiger partial charge in [-0.25, -0.2) is 4.79 Å². The van der Waals surface area contributed by atoms with E-state index in [1.165, 1.54) is 0 Å². The summed E-state index contributed by atoms with van der Waals surface area (Å²) in [6.45, 7) is 5.82. The minimum Gasteiger partial charge on any atom is -0.491 e. The predicted octanol–water partition coefficient (Wildman–Crippen LogP) is 2.07. The van der Waals surface area contributed by atoms with Gasteiger partial charge < -0.3 is 14.6 Å². The van der Waals surface area contributed by atoms with E-state index in [4.69, 9.17) is 9.47 Å². The summed E-state index contributed by atoms with van der Waals surface area (Å²) >= 11 is 0. The van der Waals surface area contributed by atoms with Gasteiger partial charge in [-0.1, -0.05) is 12.1 Å². The molecule has 94 valence electrons. The number of benzene rings is 1. The van der Waals surface area contributed by atoms with E-state index in [1.54, 1.807) is 31.2 Å². The van der Waals surface area contributed by atoms with Crippen LogP contribution in [0.5, 0.6) is 5.75 Å². The fourth-order valence-corrected chi connectivity index (χ4v) is 1.36. The summed E-state index contributed by atoms with van der Waals surface area (Å²) in [6, 6.07) is 6.74. The third kappa shape index (κ3) is 4.07. The molecule has 0 heterocycles. The molecule has 0 saturated carbocycles. The topological polar surface area (TPSA) is 55.8 Å². The lowest BCUT2D eigenvalue weighted by Gasteiger charge is -2.12. The Morgan fingerprint density at radius 3 is 2.35 bits per heavy atom. The van der Waals surface area contributed by atoms with Crippen LogP contribution in [-0.4, -0.2) is 23.8 Å². The van der Waals surface area contributed by atoms with Gasteiger partial charge in [0, 0.05) is 0 Å². The van der Waals surface area contributed by atoms with Gasteiger partial charge in [0.1, 0.15) is 5.75 Å². The molecule has 1 aromatic rings. The number of hydrogen-bond acceptors (Lipinski definition) is 4. The number of esters is 1. The van der Waals surface area contributed by atoms with Crippen LogP contribution in [0.2, 0.25) is 0 Å². The average molecular weight is 238 g/mol. The summed E-state index contributed by atoms with van der Waals surface area (Å²) in [5.74, 6) is 0.0739. The van der Waals surface area contributed by atoms with Crippen molar-refractivity contribution in [3.05, 3.63) is 29.8 Å². The van der Waals surface area contributed by atoms with Gasteiger partial charge in [0.2, 0.25) is 0 Å². The average Bonchev–Trinajstić information content (AvgIpc) is 2.28. The molecule has 0 aliphatic carbocycles. The van der Waals surface area contributed by atoms with Crippen LogP contribution in [-0.2, 0) is 9.53 Å². The summed E-state index contributed by atoms with van der Waals surface area (Å²) in [7, 11) is 0.